The molecule has 88 valence electrons. The lowest BCUT2D eigenvalue weighted by Gasteiger charge is -2.11. The maximum absolute atomic E-state index is 5.17. The van der Waals surface area contributed by atoms with Crippen LogP contribution < -0.4 is 5.32 Å². The average Bonchev–Trinajstić information content (AvgIpc) is 2.50. The van der Waals surface area contributed by atoms with Crippen LogP contribution in [-0.4, -0.2) is 28.5 Å². The number of nitrogens with zero attached hydrogens (tertiary/aromatic N) is 1. The molecule has 0 atom stereocenters. The standard InChI is InChI=1S/C11H17N3S2/c1-16-7-5-9-8-4-2-3-6-12-10(8)14-11(15)13-9/h2-7H2,1H3,(H2,12,13,14,15). The van der Waals surface area contributed by atoms with E-state index in [-0.39, 0.29) is 0 Å². The highest BCUT2D eigenvalue weighted by Gasteiger charge is 2.13. The summed E-state index contributed by atoms with van der Waals surface area (Å²) >= 11 is 7.03. The van der Waals surface area contributed by atoms with Gasteiger partial charge in [0.1, 0.15) is 5.82 Å². The Morgan fingerprint density at radius 2 is 2.31 bits per heavy atom. The van der Waals surface area contributed by atoms with Gasteiger partial charge in [-0.25, -0.2) is 4.98 Å². The van der Waals surface area contributed by atoms with Gasteiger partial charge in [-0.2, -0.15) is 11.8 Å². The fraction of sp³-hybridized carbons (Fsp3) is 0.636. The largest absolute Gasteiger partial charge is 0.370 e. The van der Waals surface area contributed by atoms with Gasteiger partial charge >= 0.3 is 0 Å². The second-order valence-electron chi connectivity index (χ2n) is 3.97. The highest BCUT2D eigenvalue weighted by molar-refractivity contribution is 7.98. The van der Waals surface area contributed by atoms with Crippen LogP contribution in [0.4, 0.5) is 5.82 Å². The van der Waals surface area contributed by atoms with Gasteiger partial charge in [-0.15, -0.1) is 0 Å². The molecule has 5 heteroatoms. The summed E-state index contributed by atoms with van der Waals surface area (Å²) in [6.07, 6.45) is 6.75. The average molecular weight is 255 g/mol. The molecule has 0 saturated heterocycles. The Labute approximate surface area is 105 Å². The van der Waals surface area contributed by atoms with Gasteiger partial charge in [0, 0.05) is 17.8 Å². The van der Waals surface area contributed by atoms with Crippen molar-refractivity contribution in [2.45, 2.75) is 25.7 Å². The number of aromatic amines is 1. The Kier molecular flexibility index (Phi) is 4.23. The number of fused-ring (bicyclic) bond motifs is 1. The van der Waals surface area contributed by atoms with Crippen LogP contribution in [0.25, 0.3) is 0 Å². The lowest BCUT2D eigenvalue weighted by Crippen LogP contribution is -2.07. The number of thioether (sulfide) groups is 1. The zero-order chi connectivity index (χ0) is 11.4. The van der Waals surface area contributed by atoms with Crippen LogP contribution in [0.5, 0.6) is 0 Å². The number of hydrogen-bond acceptors (Lipinski definition) is 4. The molecule has 3 nitrogen and oxygen atoms in total. The van der Waals surface area contributed by atoms with Crippen molar-refractivity contribution in [1.29, 1.82) is 0 Å². The summed E-state index contributed by atoms with van der Waals surface area (Å²) in [7, 11) is 0. The summed E-state index contributed by atoms with van der Waals surface area (Å²) in [5.41, 5.74) is 2.62. The highest BCUT2D eigenvalue weighted by Crippen LogP contribution is 2.22. The van der Waals surface area contributed by atoms with Crippen molar-refractivity contribution in [3.05, 3.63) is 16.0 Å². The first-order valence-corrected chi connectivity index (χ1v) is 7.46. The van der Waals surface area contributed by atoms with Gasteiger partial charge in [0.15, 0.2) is 4.77 Å². The Morgan fingerprint density at radius 1 is 1.44 bits per heavy atom. The van der Waals surface area contributed by atoms with E-state index in [0.717, 1.165) is 31.0 Å². The molecule has 0 bridgehead atoms. The van der Waals surface area contributed by atoms with E-state index < -0.39 is 0 Å². The van der Waals surface area contributed by atoms with E-state index in [0.29, 0.717) is 4.77 Å². The third kappa shape index (κ3) is 2.77. The summed E-state index contributed by atoms with van der Waals surface area (Å²) < 4.78 is 0.601. The highest BCUT2D eigenvalue weighted by atomic mass is 32.2. The Hall–Kier alpha value is -0.550. The van der Waals surface area contributed by atoms with Crippen LogP contribution in [0.1, 0.15) is 24.1 Å². The molecule has 1 aromatic rings. The molecule has 2 heterocycles. The van der Waals surface area contributed by atoms with Crippen molar-refractivity contribution in [3.8, 4) is 0 Å². The zero-order valence-corrected chi connectivity index (χ0v) is 11.1. The van der Waals surface area contributed by atoms with Gasteiger partial charge in [-0.1, -0.05) is 0 Å². The van der Waals surface area contributed by atoms with Crippen LogP contribution in [-0.2, 0) is 12.8 Å². The number of nitrogens with one attached hydrogen (secondary N) is 2. The number of aromatic nitrogens is 2. The minimum absolute atomic E-state index is 0.601. The number of hydrogen-bond donors (Lipinski definition) is 2. The molecule has 0 aliphatic carbocycles. The van der Waals surface area contributed by atoms with Crippen molar-refractivity contribution < 1.29 is 0 Å². The van der Waals surface area contributed by atoms with Gasteiger partial charge in [0.25, 0.3) is 0 Å². The number of rotatable bonds is 3. The summed E-state index contributed by atoms with van der Waals surface area (Å²) in [6, 6.07) is 0. The number of anilines is 1. The lowest BCUT2D eigenvalue weighted by atomic mass is 10.1. The van der Waals surface area contributed by atoms with E-state index in [1.54, 1.807) is 0 Å². The summed E-state index contributed by atoms with van der Waals surface area (Å²) in [4.78, 5) is 7.63. The molecule has 16 heavy (non-hydrogen) atoms. The van der Waals surface area contributed by atoms with Gasteiger partial charge in [-0.05, 0) is 49.9 Å². The molecule has 0 aromatic carbocycles. The van der Waals surface area contributed by atoms with E-state index in [2.05, 4.69) is 21.5 Å². The molecule has 0 saturated carbocycles. The molecule has 1 aliphatic rings. The van der Waals surface area contributed by atoms with Crippen molar-refractivity contribution in [3.63, 3.8) is 0 Å². The monoisotopic (exact) mass is 255 g/mol. The number of H-pyrrole nitrogens is 1. The Balaban J connectivity index is 2.34. The van der Waals surface area contributed by atoms with Crippen molar-refractivity contribution >= 4 is 29.8 Å². The molecular formula is C11H17N3S2. The van der Waals surface area contributed by atoms with E-state index in [4.69, 9.17) is 12.2 Å². The topological polar surface area (TPSA) is 40.7 Å². The lowest BCUT2D eigenvalue weighted by molar-refractivity contribution is 0.776. The molecule has 1 aromatic heterocycles. The first-order valence-electron chi connectivity index (χ1n) is 5.66. The smallest absolute Gasteiger partial charge is 0.198 e. The van der Waals surface area contributed by atoms with Gasteiger partial charge < -0.3 is 10.3 Å². The molecule has 1 aliphatic heterocycles. The SMILES string of the molecule is CSCCc1[nH]c(=S)nc2c1CCCCN2. The number of aryl methyl sites for hydroxylation is 1. The van der Waals surface area contributed by atoms with Gasteiger partial charge in [0.05, 0.1) is 0 Å². The second kappa shape index (κ2) is 5.68. The van der Waals surface area contributed by atoms with Gasteiger partial charge in [-0.3, -0.25) is 0 Å². The Morgan fingerprint density at radius 3 is 3.12 bits per heavy atom. The van der Waals surface area contributed by atoms with Crippen LogP contribution in [0, 0.1) is 4.77 Å². The fourth-order valence-electron chi connectivity index (χ4n) is 2.01. The molecule has 0 radical (unpaired) electrons. The molecule has 0 spiro atoms. The predicted octanol–water partition coefficient (Wildman–Crippen LogP) is 2.79. The zero-order valence-electron chi connectivity index (χ0n) is 9.51. The summed E-state index contributed by atoms with van der Waals surface area (Å²) in [6.45, 7) is 1.01. The first kappa shape index (κ1) is 11.9. The van der Waals surface area contributed by atoms with Crippen molar-refractivity contribution in [2.75, 3.05) is 23.9 Å². The molecule has 0 amide bonds. The quantitative estimate of drug-likeness (QED) is 0.815. The minimum atomic E-state index is 0.601. The summed E-state index contributed by atoms with van der Waals surface area (Å²) in [5, 5.41) is 3.38. The Bertz CT molecular complexity index is 414. The van der Waals surface area contributed by atoms with Crippen LogP contribution in [0.15, 0.2) is 0 Å². The van der Waals surface area contributed by atoms with E-state index >= 15 is 0 Å². The molecular weight excluding hydrogens is 238 g/mol. The van der Waals surface area contributed by atoms with Crippen molar-refractivity contribution in [2.24, 2.45) is 0 Å². The van der Waals surface area contributed by atoms with Crippen LogP contribution in [0.2, 0.25) is 0 Å². The minimum Gasteiger partial charge on any atom is -0.370 e. The van der Waals surface area contributed by atoms with Crippen molar-refractivity contribution in [1.82, 2.24) is 9.97 Å². The van der Waals surface area contributed by atoms with Crippen LogP contribution >= 0.6 is 24.0 Å². The summed E-state index contributed by atoms with van der Waals surface area (Å²) in [5.74, 6) is 2.14. The van der Waals surface area contributed by atoms with E-state index in [1.807, 2.05) is 11.8 Å². The molecule has 2 rings (SSSR count). The third-order valence-corrected chi connectivity index (χ3v) is 3.63. The fourth-order valence-corrected chi connectivity index (χ4v) is 2.63. The van der Waals surface area contributed by atoms with Crippen LogP contribution in [0.3, 0.4) is 0 Å². The first-order chi connectivity index (χ1) is 7.81. The normalized spacial score (nSPS) is 15.1. The third-order valence-electron chi connectivity index (χ3n) is 2.82. The second-order valence-corrected chi connectivity index (χ2v) is 5.35. The van der Waals surface area contributed by atoms with E-state index in [1.165, 1.54) is 24.1 Å². The maximum Gasteiger partial charge on any atom is 0.198 e. The predicted molar refractivity (Wildman–Crippen MR) is 72.9 cm³/mol. The van der Waals surface area contributed by atoms with Gasteiger partial charge in [0.2, 0.25) is 0 Å². The molecule has 2 N–H and O–H groups in total. The maximum atomic E-state index is 5.17. The molecule has 0 fully saturated rings. The van der Waals surface area contributed by atoms with E-state index in [9.17, 15) is 0 Å². The molecule has 0 unspecified atom stereocenters.